The molecule has 0 radical (unpaired) electrons. The van der Waals surface area contributed by atoms with Crippen molar-refractivity contribution in [3.8, 4) is 0 Å². The Morgan fingerprint density at radius 1 is 0.967 bits per heavy atom. The summed E-state index contributed by atoms with van der Waals surface area (Å²) in [7, 11) is 0. The number of anilines is 3. The topological polar surface area (TPSA) is 91.4 Å². The summed E-state index contributed by atoms with van der Waals surface area (Å²) in [5.41, 5.74) is 1.22. The molecule has 2 N–H and O–H groups in total. The van der Waals surface area contributed by atoms with Crippen molar-refractivity contribution >= 4 is 68.8 Å². The quantitative estimate of drug-likeness (QED) is 0.549. The summed E-state index contributed by atoms with van der Waals surface area (Å²) in [6, 6.07) is 12.6. The van der Waals surface area contributed by atoms with Gasteiger partial charge in [-0.15, -0.1) is 11.3 Å². The third kappa shape index (κ3) is 3.93. The number of hydrogen-bond donors (Lipinski definition) is 2. The van der Waals surface area contributed by atoms with E-state index in [0.717, 1.165) is 4.90 Å². The summed E-state index contributed by atoms with van der Waals surface area (Å²) in [6.07, 6.45) is 1.60. The lowest BCUT2D eigenvalue weighted by molar-refractivity contribution is -0.120. The molecular weight excluding hydrogens is 447 g/mol. The number of thiazole rings is 1. The molecule has 10 heteroatoms. The molecule has 4 rings (SSSR count). The Hall–Kier alpha value is -3.20. The normalized spacial score (nSPS) is 13.7. The summed E-state index contributed by atoms with van der Waals surface area (Å²) in [6.45, 7) is 0. The zero-order valence-corrected chi connectivity index (χ0v) is 17.4. The number of nitrogens with zero attached hydrogens (tertiary/aromatic N) is 2. The molecule has 3 amide bonds. The second kappa shape index (κ2) is 8.27. The number of halogens is 2. The summed E-state index contributed by atoms with van der Waals surface area (Å²) in [4.78, 5) is 42.4. The van der Waals surface area contributed by atoms with Crippen LogP contribution in [0.2, 0.25) is 5.02 Å². The fourth-order valence-electron chi connectivity index (χ4n) is 2.74. The molecule has 0 unspecified atom stereocenters. The molecule has 2 heterocycles. The van der Waals surface area contributed by atoms with Gasteiger partial charge in [0.25, 0.3) is 17.7 Å². The molecule has 0 bridgehead atoms. The van der Waals surface area contributed by atoms with Gasteiger partial charge in [-0.2, -0.15) is 0 Å². The second-order valence-corrected chi connectivity index (χ2v) is 7.81. The third-order valence-electron chi connectivity index (χ3n) is 4.18. The largest absolute Gasteiger partial charge is 0.350 e. The van der Waals surface area contributed by atoms with Crippen molar-refractivity contribution in [1.29, 1.82) is 0 Å². The first-order chi connectivity index (χ1) is 14.4. The van der Waals surface area contributed by atoms with Crippen LogP contribution < -0.4 is 15.5 Å². The van der Waals surface area contributed by atoms with E-state index in [-0.39, 0.29) is 16.6 Å². The van der Waals surface area contributed by atoms with Gasteiger partial charge in [0, 0.05) is 27.9 Å². The monoisotopic (exact) mass is 458 g/mol. The number of benzene rings is 2. The average Bonchev–Trinajstić information content (AvgIpc) is 3.32. The maximum atomic E-state index is 12.8. The number of rotatable bonds is 5. The Morgan fingerprint density at radius 2 is 1.67 bits per heavy atom. The van der Waals surface area contributed by atoms with Crippen LogP contribution in [0.4, 0.5) is 16.5 Å². The van der Waals surface area contributed by atoms with Gasteiger partial charge in [-0.3, -0.25) is 19.7 Å². The number of hydrogen-bond acceptors (Lipinski definition) is 6. The highest BCUT2D eigenvalue weighted by Crippen LogP contribution is 2.30. The van der Waals surface area contributed by atoms with Crippen LogP contribution in [0.1, 0.15) is 10.4 Å². The zero-order valence-electron chi connectivity index (χ0n) is 15.1. The Labute approximate surface area is 184 Å². The van der Waals surface area contributed by atoms with E-state index in [1.165, 1.54) is 11.3 Å². The lowest BCUT2D eigenvalue weighted by Gasteiger charge is -2.15. The van der Waals surface area contributed by atoms with Crippen molar-refractivity contribution in [1.82, 2.24) is 4.98 Å². The first kappa shape index (κ1) is 20.1. The summed E-state index contributed by atoms with van der Waals surface area (Å²) >= 11 is 13.3. The van der Waals surface area contributed by atoms with Gasteiger partial charge in [-0.1, -0.05) is 23.2 Å². The number of nitrogens with one attached hydrogen (secondary N) is 2. The van der Waals surface area contributed by atoms with Crippen molar-refractivity contribution in [2.24, 2.45) is 0 Å². The third-order valence-corrected chi connectivity index (χ3v) is 5.47. The van der Waals surface area contributed by atoms with Gasteiger partial charge in [0.15, 0.2) is 5.13 Å². The highest BCUT2D eigenvalue weighted by Gasteiger charge is 2.38. The molecule has 30 heavy (non-hydrogen) atoms. The van der Waals surface area contributed by atoms with Crippen LogP contribution in [0.5, 0.6) is 0 Å². The van der Waals surface area contributed by atoms with Gasteiger partial charge < -0.3 is 5.32 Å². The Morgan fingerprint density at radius 3 is 2.30 bits per heavy atom. The van der Waals surface area contributed by atoms with Crippen molar-refractivity contribution in [2.75, 3.05) is 15.5 Å². The van der Waals surface area contributed by atoms with Gasteiger partial charge in [0.2, 0.25) is 0 Å². The van der Waals surface area contributed by atoms with Crippen LogP contribution in [-0.2, 0) is 9.59 Å². The molecule has 0 spiro atoms. The van der Waals surface area contributed by atoms with Gasteiger partial charge in [0.05, 0.1) is 5.69 Å². The van der Waals surface area contributed by atoms with Crippen LogP contribution in [0, 0.1) is 0 Å². The number of carbonyl (C=O) groups excluding carboxylic acids is 3. The molecule has 1 aromatic heterocycles. The second-order valence-electron chi connectivity index (χ2n) is 6.10. The van der Waals surface area contributed by atoms with Crippen LogP contribution in [-0.4, -0.2) is 22.7 Å². The van der Waals surface area contributed by atoms with Crippen LogP contribution in [0.15, 0.2) is 70.8 Å². The van der Waals surface area contributed by atoms with Crippen LogP contribution in [0.3, 0.4) is 0 Å². The first-order valence-corrected chi connectivity index (χ1v) is 10.2. The van der Waals surface area contributed by atoms with E-state index in [2.05, 4.69) is 15.6 Å². The van der Waals surface area contributed by atoms with Crippen molar-refractivity contribution in [3.63, 3.8) is 0 Å². The molecule has 2 aromatic carbocycles. The highest BCUT2D eigenvalue weighted by molar-refractivity contribution is 7.13. The lowest BCUT2D eigenvalue weighted by Crippen LogP contribution is -2.32. The molecule has 0 fully saturated rings. The van der Waals surface area contributed by atoms with Gasteiger partial charge in [-0.25, -0.2) is 9.88 Å². The maximum Gasteiger partial charge on any atom is 0.283 e. The van der Waals surface area contributed by atoms with E-state index in [1.807, 2.05) is 0 Å². The lowest BCUT2D eigenvalue weighted by atomic mass is 10.2. The standard InChI is InChI=1S/C20H12Cl2N4O3S/c21-12-3-7-14(8-4-12)26-18(28)15(22)16(19(26)29)24-13-5-1-11(2-6-13)17(27)25-20-23-9-10-30-20/h1-10,24H,(H,23,25,27). The predicted octanol–water partition coefficient (Wildman–Crippen LogP) is 4.48. The highest BCUT2D eigenvalue weighted by atomic mass is 35.5. The fraction of sp³-hybridized carbons (Fsp3) is 0. The Kier molecular flexibility index (Phi) is 5.54. The van der Waals surface area contributed by atoms with Gasteiger partial charge >= 0.3 is 0 Å². The minimum atomic E-state index is -0.633. The Balaban J connectivity index is 1.49. The average molecular weight is 459 g/mol. The molecule has 0 atom stereocenters. The molecule has 0 saturated carbocycles. The smallest absolute Gasteiger partial charge is 0.283 e. The minimum absolute atomic E-state index is 0.0448. The van der Waals surface area contributed by atoms with Crippen molar-refractivity contribution in [2.45, 2.75) is 0 Å². The number of carbonyl (C=O) groups is 3. The fourth-order valence-corrected chi connectivity index (χ4v) is 3.60. The maximum absolute atomic E-state index is 12.8. The van der Waals surface area contributed by atoms with Crippen molar-refractivity contribution < 1.29 is 14.4 Å². The summed E-state index contributed by atoms with van der Waals surface area (Å²) in [5.74, 6) is -1.53. The number of amides is 3. The first-order valence-electron chi connectivity index (χ1n) is 8.56. The molecular formula is C20H12Cl2N4O3S. The van der Waals surface area contributed by atoms with Gasteiger partial charge in [-0.05, 0) is 48.5 Å². The van der Waals surface area contributed by atoms with Crippen LogP contribution in [0.25, 0.3) is 0 Å². The molecule has 1 aliphatic heterocycles. The zero-order chi connectivity index (χ0) is 21.3. The van der Waals surface area contributed by atoms with E-state index in [1.54, 1.807) is 60.1 Å². The van der Waals surface area contributed by atoms with E-state index in [0.29, 0.717) is 27.1 Å². The van der Waals surface area contributed by atoms with E-state index in [9.17, 15) is 14.4 Å². The molecule has 150 valence electrons. The summed E-state index contributed by atoms with van der Waals surface area (Å²) < 4.78 is 0. The van der Waals surface area contributed by atoms with Crippen molar-refractivity contribution in [3.05, 3.63) is 81.4 Å². The molecule has 1 aliphatic rings. The minimum Gasteiger partial charge on any atom is -0.350 e. The van der Waals surface area contributed by atoms with E-state index >= 15 is 0 Å². The van der Waals surface area contributed by atoms with E-state index < -0.39 is 11.8 Å². The number of aromatic nitrogens is 1. The predicted molar refractivity (Wildman–Crippen MR) is 117 cm³/mol. The van der Waals surface area contributed by atoms with Crippen LogP contribution >= 0.6 is 34.5 Å². The Bertz CT molecular complexity index is 1160. The van der Waals surface area contributed by atoms with E-state index in [4.69, 9.17) is 23.2 Å². The molecule has 0 aliphatic carbocycles. The SMILES string of the molecule is O=C(Nc1nccs1)c1ccc(NC2=C(Cl)C(=O)N(c3ccc(Cl)cc3)C2=O)cc1. The molecule has 0 saturated heterocycles. The van der Waals surface area contributed by atoms with Gasteiger partial charge in [0.1, 0.15) is 10.7 Å². The molecule has 3 aromatic rings. The number of imide groups is 1. The summed E-state index contributed by atoms with van der Waals surface area (Å²) in [5, 5.41) is 8.06. The molecule has 7 nitrogen and oxygen atoms in total.